The van der Waals surface area contributed by atoms with Gasteiger partial charge >= 0.3 is 0 Å². The Labute approximate surface area is 254 Å². The van der Waals surface area contributed by atoms with E-state index in [-0.39, 0.29) is 6.61 Å². The van der Waals surface area contributed by atoms with Gasteiger partial charge in [-0.3, -0.25) is 0 Å². The fraction of sp³-hybridized carbons (Fsp3) is 0.568. The minimum Gasteiger partial charge on any atom is -0.494 e. The molecule has 0 aliphatic rings. The van der Waals surface area contributed by atoms with Gasteiger partial charge in [-0.25, -0.2) is 14.4 Å². The zero-order valence-electron chi connectivity index (χ0n) is 26.2. The summed E-state index contributed by atoms with van der Waals surface area (Å²) in [4.78, 5) is 9.16. The van der Waals surface area contributed by atoms with E-state index in [4.69, 9.17) is 9.47 Å². The monoisotopic (exact) mass is 576 g/mol. The highest BCUT2D eigenvalue weighted by molar-refractivity contribution is 5.64. The minimum absolute atomic E-state index is 0.108. The first-order valence-electron chi connectivity index (χ1n) is 16.6. The maximum Gasteiger partial charge on any atom is 0.159 e. The normalized spacial score (nSPS) is 11.9. The van der Waals surface area contributed by atoms with Gasteiger partial charge in [0.2, 0.25) is 0 Å². The summed E-state index contributed by atoms with van der Waals surface area (Å²) in [5, 5.41) is 0. The number of hydrogen-bond donors (Lipinski definition) is 0. The molecule has 4 nitrogen and oxygen atoms in total. The van der Waals surface area contributed by atoms with Crippen LogP contribution in [0.25, 0.3) is 22.5 Å². The SMILES string of the molecule is CCCCCCCCCCC(F)COc1ccc(-c2cnc(-c3ccc(OCCCCCCCCC)cc3)nc2)cc1. The van der Waals surface area contributed by atoms with Gasteiger partial charge in [-0.15, -0.1) is 0 Å². The Morgan fingerprint density at radius 2 is 1.02 bits per heavy atom. The molecule has 0 aliphatic carbocycles. The Bertz CT molecular complexity index is 1070. The van der Waals surface area contributed by atoms with Crippen LogP contribution in [0.2, 0.25) is 0 Å². The first-order chi connectivity index (χ1) is 20.7. The molecular weight excluding hydrogens is 523 g/mol. The third-order valence-electron chi connectivity index (χ3n) is 7.77. The van der Waals surface area contributed by atoms with E-state index < -0.39 is 6.17 Å². The molecule has 0 aliphatic heterocycles. The number of rotatable bonds is 23. The number of aromatic nitrogens is 2. The molecule has 3 aromatic rings. The summed E-state index contributed by atoms with van der Waals surface area (Å²) in [5.41, 5.74) is 2.89. The number of unbranched alkanes of at least 4 members (excludes halogenated alkanes) is 13. The third-order valence-corrected chi connectivity index (χ3v) is 7.77. The molecule has 0 saturated heterocycles. The molecule has 42 heavy (non-hydrogen) atoms. The number of ether oxygens (including phenoxy) is 2. The molecule has 0 bridgehead atoms. The Hall–Kier alpha value is -2.95. The van der Waals surface area contributed by atoms with Gasteiger partial charge in [0.1, 0.15) is 24.3 Å². The lowest BCUT2D eigenvalue weighted by Crippen LogP contribution is -2.12. The molecular formula is C37H53FN2O2. The van der Waals surface area contributed by atoms with Gasteiger partial charge in [0.15, 0.2) is 5.82 Å². The average Bonchev–Trinajstić information content (AvgIpc) is 3.03. The van der Waals surface area contributed by atoms with Gasteiger partial charge in [0.05, 0.1) is 6.61 Å². The summed E-state index contributed by atoms with van der Waals surface area (Å²) in [6.07, 6.45) is 22.1. The van der Waals surface area contributed by atoms with E-state index in [1.165, 1.54) is 77.0 Å². The number of alkyl halides is 1. The number of halogens is 1. The van der Waals surface area contributed by atoms with Crippen molar-refractivity contribution in [3.63, 3.8) is 0 Å². The topological polar surface area (TPSA) is 44.2 Å². The quantitative estimate of drug-likeness (QED) is 0.105. The van der Waals surface area contributed by atoms with Crippen LogP contribution >= 0.6 is 0 Å². The van der Waals surface area contributed by atoms with E-state index in [2.05, 4.69) is 23.8 Å². The molecule has 230 valence electrons. The van der Waals surface area contributed by atoms with Crippen LogP contribution in [0.15, 0.2) is 60.9 Å². The molecule has 1 atom stereocenters. The van der Waals surface area contributed by atoms with Crippen LogP contribution in [0.3, 0.4) is 0 Å². The van der Waals surface area contributed by atoms with Crippen LogP contribution in [0, 0.1) is 0 Å². The van der Waals surface area contributed by atoms with Crippen molar-refractivity contribution in [1.82, 2.24) is 9.97 Å². The van der Waals surface area contributed by atoms with Gasteiger partial charge in [0.25, 0.3) is 0 Å². The highest BCUT2D eigenvalue weighted by atomic mass is 19.1. The maximum atomic E-state index is 14.3. The first kappa shape index (κ1) is 33.6. The highest BCUT2D eigenvalue weighted by Crippen LogP contribution is 2.25. The number of nitrogens with zero attached hydrogens (tertiary/aromatic N) is 2. The average molecular weight is 577 g/mol. The van der Waals surface area contributed by atoms with E-state index in [0.717, 1.165) is 48.3 Å². The Kier molecular flexibility index (Phi) is 16.7. The standard InChI is InChI=1S/C37H53FN2O2/c1-3-5-7-9-11-12-14-16-18-34(38)30-42-36-23-19-31(20-24-36)33-28-39-37(40-29-33)32-21-25-35(26-22-32)41-27-17-15-13-10-8-6-4-2/h19-26,28-29,34H,3-18,27,30H2,1-2H3. The molecule has 1 heterocycles. The van der Waals surface area contributed by atoms with Crippen molar-refractivity contribution < 1.29 is 13.9 Å². The first-order valence-corrected chi connectivity index (χ1v) is 16.6. The second-order valence-corrected chi connectivity index (χ2v) is 11.5. The summed E-state index contributed by atoms with van der Waals surface area (Å²) in [6, 6.07) is 15.7. The van der Waals surface area contributed by atoms with Gasteiger partial charge in [0, 0.05) is 23.5 Å². The largest absolute Gasteiger partial charge is 0.494 e. The van der Waals surface area contributed by atoms with E-state index in [1.54, 1.807) is 0 Å². The summed E-state index contributed by atoms with van der Waals surface area (Å²) in [7, 11) is 0. The molecule has 1 aromatic heterocycles. The highest BCUT2D eigenvalue weighted by Gasteiger charge is 2.09. The van der Waals surface area contributed by atoms with Gasteiger partial charge in [-0.1, -0.05) is 116 Å². The summed E-state index contributed by atoms with van der Waals surface area (Å²) in [5.74, 6) is 2.25. The van der Waals surface area contributed by atoms with Crippen LogP contribution < -0.4 is 9.47 Å². The molecule has 0 amide bonds. The molecule has 5 heteroatoms. The minimum atomic E-state index is -0.920. The third kappa shape index (κ3) is 13.4. The van der Waals surface area contributed by atoms with Crippen LogP contribution in [-0.4, -0.2) is 29.4 Å². The van der Waals surface area contributed by atoms with Crippen molar-refractivity contribution in [2.45, 2.75) is 123 Å². The molecule has 0 spiro atoms. The molecule has 2 aromatic carbocycles. The van der Waals surface area contributed by atoms with Crippen molar-refractivity contribution in [3.05, 3.63) is 60.9 Å². The van der Waals surface area contributed by atoms with Crippen molar-refractivity contribution in [2.75, 3.05) is 13.2 Å². The van der Waals surface area contributed by atoms with E-state index in [1.807, 2.05) is 60.9 Å². The lowest BCUT2D eigenvalue weighted by atomic mass is 10.1. The fourth-order valence-electron chi connectivity index (χ4n) is 5.09. The fourth-order valence-corrected chi connectivity index (χ4v) is 5.09. The number of hydrogen-bond acceptors (Lipinski definition) is 4. The Morgan fingerprint density at radius 1 is 0.548 bits per heavy atom. The van der Waals surface area contributed by atoms with Gasteiger partial charge in [-0.2, -0.15) is 0 Å². The van der Waals surface area contributed by atoms with E-state index in [9.17, 15) is 4.39 Å². The zero-order chi connectivity index (χ0) is 29.7. The van der Waals surface area contributed by atoms with Crippen LogP contribution in [0.1, 0.15) is 117 Å². The molecule has 0 N–H and O–H groups in total. The second kappa shape index (κ2) is 20.9. The van der Waals surface area contributed by atoms with Gasteiger partial charge < -0.3 is 9.47 Å². The van der Waals surface area contributed by atoms with Crippen molar-refractivity contribution in [1.29, 1.82) is 0 Å². The van der Waals surface area contributed by atoms with E-state index >= 15 is 0 Å². The second-order valence-electron chi connectivity index (χ2n) is 11.5. The number of benzene rings is 2. The van der Waals surface area contributed by atoms with Crippen molar-refractivity contribution in [3.8, 4) is 34.0 Å². The Morgan fingerprint density at radius 3 is 1.60 bits per heavy atom. The van der Waals surface area contributed by atoms with Crippen LogP contribution in [0.5, 0.6) is 11.5 Å². The predicted octanol–water partition coefficient (Wildman–Crippen LogP) is 11.2. The smallest absolute Gasteiger partial charge is 0.159 e. The molecule has 3 rings (SSSR count). The van der Waals surface area contributed by atoms with Gasteiger partial charge in [-0.05, 0) is 54.8 Å². The summed E-state index contributed by atoms with van der Waals surface area (Å²) < 4.78 is 25.9. The molecule has 0 radical (unpaired) electrons. The summed E-state index contributed by atoms with van der Waals surface area (Å²) >= 11 is 0. The Balaban J connectivity index is 1.34. The van der Waals surface area contributed by atoms with Crippen molar-refractivity contribution >= 4 is 0 Å². The van der Waals surface area contributed by atoms with E-state index in [0.29, 0.717) is 18.0 Å². The van der Waals surface area contributed by atoms with Crippen LogP contribution in [0.4, 0.5) is 4.39 Å². The molecule has 1 unspecified atom stereocenters. The maximum absolute atomic E-state index is 14.3. The zero-order valence-corrected chi connectivity index (χ0v) is 26.2. The predicted molar refractivity (Wildman–Crippen MR) is 174 cm³/mol. The van der Waals surface area contributed by atoms with Crippen molar-refractivity contribution in [2.24, 2.45) is 0 Å². The van der Waals surface area contributed by atoms with Crippen LogP contribution in [-0.2, 0) is 0 Å². The lowest BCUT2D eigenvalue weighted by molar-refractivity contribution is 0.184. The molecule has 0 fully saturated rings. The molecule has 0 saturated carbocycles. The summed E-state index contributed by atoms with van der Waals surface area (Å²) in [6.45, 7) is 5.35. The lowest BCUT2D eigenvalue weighted by Gasteiger charge is -2.11.